The van der Waals surface area contributed by atoms with Crippen molar-refractivity contribution in [3.8, 4) is 0 Å². The third-order valence-corrected chi connectivity index (χ3v) is 3.57. The van der Waals surface area contributed by atoms with Crippen LogP contribution >= 0.6 is 0 Å². The van der Waals surface area contributed by atoms with Gasteiger partial charge in [-0.2, -0.15) is 0 Å². The van der Waals surface area contributed by atoms with E-state index in [9.17, 15) is 9.59 Å². The molecule has 17 heavy (non-hydrogen) atoms. The van der Waals surface area contributed by atoms with E-state index in [1.165, 1.54) is 7.11 Å². The minimum absolute atomic E-state index is 0.148. The van der Waals surface area contributed by atoms with Gasteiger partial charge in [-0.15, -0.1) is 0 Å². The first kappa shape index (κ1) is 14.0. The molecule has 0 aromatic carbocycles. The van der Waals surface area contributed by atoms with Crippen molar-refractivity contribution in [3.63, 3.8) is 0 Å². The molecule has 98 valence electrons. The van der Waals surface area contributed by atoms with Gasteiger partial charge in [0.25, 0.3) is 0 Å². The summed E-state index contributed by atoms with van der Waals surface area (Å²) in [4.78, 5) is 22.5. The van der Waals surface area contributed by atoms with Crippen molar-refractivity contribution in [1.29, 1.82) is 0 Å². The molecule has 0 spiro atoms. The summed E-state index contributed by atoms with van der Waals surface area (Å²) < 4.78 is 9.64. The van der Waals surface area contributed by atoms with Gasteiger partial charge in [0.05, 0.1) is 7.11 Å². The van der Waals surface area contributed by atoms with Gasteiger partial charge in [0, 0.05) is 0 Å². The van der Waals surface area contributed by atoms with Gasteiger partial charge >= 0.3 is 11.9 Å². The number of hydrogen-bond acceptors (Lipinski definition) is 4. The third kappa shape index (κ3) is 3.72. The fraction of sp³-hybridized carbons (Fsp3) is 0.846. The summed E-state index contributed by atoms with van der Waals surface area (Å²) in [6, 6.07) is 0. The van der Waals surface area contributed by atoms with Gasteiger partial charge in [0.1, 0.15) is 6.10 Å². The standard InChI is InChI=1S/C13H22O4/c1-8(2)10-6-5-9(3)7-11(10)17-13(15)12(14)16-4/h8-11H,5-7H2,1-4H3/t9-,10+,11+/m1/s1. The lowest BCUT2D eigenvalue weighted by Crippen LogP contribution is -2.37. The first-order valence-corrected chi connectivity index (χ1v) is 6.24. The second-order valence-electron chi connectivity index (χ2n) is 5.26. The Morgan fingerprint density at radius 1 is 1.18 bits per heavy atom. The van der Waals surface area contributed by atoms with E-state index in [4.69, 9.17) is 4.74 Å². The van der Waals surface area contributed by atoms with E-state index in [2.05, 4.69) is 25.5 Å². The molecule has 0 aliphatic heterocycles. The minimum atomic E-state index is -0.911. The van der Waals surface area contributed by atoms with Crippen LogP contribution in [0.25, 0.3) is 0 Å². The van der Waals surface area contributed by atoms with Crippen LogP contribution in [0.15, 0.2) is 0 Å². The summed E-state index contributed by atoms with van der Waals surface area (Å²) in [6.45, 7) is 6.40. The maximum absolute atomic E-state index is 11.4. The highest BCUT2D eigenvalue weighted by atomic mass is 16.6. The number of carbonyl (C=O) groups excluding carboxylic acids is 2. The van der Waals surface area contributed by atoms with Crippen LogP contribution in [0.4, 0.5) is 0 Å². The van der Waals surface area contributed by atoms with Crippen LogP contribution in [-0.4, -0.2) is 25.2 Å². The van der Waals surface area contributed by atoms with Crippen molar-refractivity contribution >= 4 is 11.9 Å². The molecular formula is C13H22O4. The fourth-order valence-corrected chi connectivity index (χ4v) is 2.52. The molecule has 0 bridgehead atoms. The molecule has 1 aliphatic carbocycles. The largest absolute Gasteiger partial charge is 0.461 e. The van der Waals surface area contributed by atoms with Gasteiger partial charge in [-0.1, -0.05) is 27.2 Å². The predicted molar refractivity (Wildman–Crippen MR) is 63.2 cm³/mol. The Kier molecular flexibility index (Phi) is 4.97. The normalized spacial score (nSPS) is 28.9. The highest BCUT2D eigenvalue weighted by molar-refractivity contribution is 6.29. The van der Waals surface area contributed by atoms with Gasteiger partial charge in [0.15, 0.2) is 0 Å². The first-order chi connectivity index (χ1) is 7.95. The number of hydrogen-bond donors (Lipinski definition) is 0. The molecule has 4 heteroatoms. The maximum Gasteiger partial charge on any atom is 0.417 e. The van der Waals surface area contributed by atoms with Crippen molar-refractivity contribution in [1.82, 2.24) is 0 Å². The lowest BCUT2D eigenvalue weighted by atomic mass is 9.75. The Labute approximate surface area is 103 Å². The second kappa shape index (κ2) is 6.03. The van der Waals surface area contributed by atoms with Crippen LogP contribution in [0.2, 0.25) is 0 Å². The molecule has 3 atom stereocenters. The van der Waals surface area contributed by atoms with E-state index < -0.39 is 11.9 Å². The smallest absolute Gasteiger partial charge is 0.417 e. The molecule has 1 aliphatic rings. The Hall–Kier alpha value is -1.06. The van der Waals surface area contributed by atoms with Gasteiger partial charge < -0.3 is 9.47 Å². The number of carbonyl (C=O) groups is 2. The maximum atomic E-state index is 11.4. The van der Waals surface area contributed by atoms with Crippen LogP contribution in [0.1, 0.15) is 40.0 Å². The summed E-state index contributed by atoms with van der Waals surface area (Å²) in [7, 11) is 1.19. The summed E-state index contributed by atoms with van der Waals surface area (Å²) in [5.41, 5.74) is 0. The molecule has 0 radical (unpaired) electrons. The third-order valence-electron chi connectivity index (χ3n) is 3.57. The van der Waals surface area contributed by atoms with Gasteiger partial charge in [-0.05, 0) is 30.6 Å². The second-order valence-corrected chi connectivity index (χ2v) is 5.26. The van der Waals surface area contributed by atoms with Crippen LogP contribution in [0.3, 0.4) is 0 Å². The van der Waals surface area contributed by atoms with E-state index in [1.807, 2.05) is 0 Å². The monoisotopic (exact) mass is 242 g/mol. The van der Waals surface area contributed by atoms with Crippen molar-refractivity contribution in [2.45, 2.75) is 46.1 Å². The van der Waals surface area contributed by atoms with E-state index in [0.29, 0.717) is 17.8 Å². The SMILES string of the molecule is COC(=O)C(=O)O[C@H]1C[C@H](C)CC[C@H]1C(C)C. The predicted octanol–water partition coefficient (Wildman–Crippen LogP) is 2.16. The summed E-state index contributed by atoms with van der Waals surface area (Å²) in [5.74, 6) is -0.429. The highest BCUT2D eigenvalue weighted by Gasteiger charge is 2.34. The zero-order chi connectivity index (χ0) is 13.0. The number of ether oxygens (including phenoxy) is 2. The molecule has 0 unspecified atom stereocenters. The Morgan fingerprint density at radius 3 is 2.35 bits per heavy atom. The Bertz CT molecular complexity index is 285. The summed E-state index contributed by atoms with van der Waals surface area (Å²) in [6.07, 6.45) is 2.91. The van der Waals surface area contributed by atoms with Crippen molar-refractivity contribution in [3.05, 3.63) is 0 Å². The zero-order valence-corrected chi connectivity index (χ0v) is 11.1. The minimum Gasteiger partial charge on any atom is -0.461 e. The molecule has 0 saturated heterocycles. The molecule has 0 amide bonds. The number of rotatable bonds is 2. The summed E-state index contributed by atoms with van der Waals surface area (Å²) in [5, 5.41) is 0. The summed E-state index contributed by atoms with van der Waals surface area (Å²) >= 11 is 0. The molecule has 4 nitrogen and oxygen atoms in total. The lowest BCUT2D eigenvalue weighted by molar-refractivity contribution is -0.173. The molecule has 0 aromatic heterocycles. The molecular weight excluding hydrogens is 220 g/mol. The van der Waals surface area contributed by atoms with Crippen molar-refractivity contribution < 1.29 is 19.1 Å². The Balaban J connectivity index is 2.63. The molecule has 1 fully saturated rings. The van der Waals surface area contributed by atoms with Gasteiger partial charge in [-0.3, -0.25) is 0 Å². The molecule has 0 heterocycles. The van der Waals surface area contributed by atoms with E-state index in [0.717, 1.165) is 19.3 Å². The molecule has 1 saturated carbocycles. The number of methoxy groups -OCH3 is 1. The topological polar surface area (TPSA) is 52.6 Å². The average molecular weight is 242 g/mol. The van der Waals surface area contributed by atoms with E-state index >= 15 is 0 Å². The van der Waals surface area contributed by atoms with Crippen molar-refractivity contribution in [2.24, 2.45) is 17.8 Å². The highest BCUT2D eigenvalue weighted by Crippen LogP contribution is 2.35. The lowest BCUT2D eigenvalue weighted by Gasteiger charge is -2.36. The van der Waals surface area contributed by atoms with E-state index in [1.54, 1.807) is 0 Å². The van der Waals surface area contributed by atoms with Gasteiger partial charge in [-0.25, -0.2) is 9.59 Å². The fourth-order valence-electron chi connectivity index (χ4n) is 2.52. The molecule has 0 aromatic rings. The van der Waals surface area contributed by atoms with Gasteiger partial charge in [0.2, 0.25) is 0 Å². The first-order valence-electron chi connectivity index (χ1n) is 6.24. The van der Waals surface area contributed by atoms with Crippen LogP contribution in [-0.2, 0) is 19.1 Å². The Morgan fingerprint density at radius 2 is 1.82 bits per heavy atom. The zero-order valence-electron chi connectivity index (χ0n) is 11.1. The number of esters is 2. The van der Waals surface area contributed by atoms with Crippen LogP contribution in [0, 0.1) is 17.8 Å². The van der Waals surface area contributed by atoms with E-state index in [-0.39, 0.29) is 6.10 Å². The molecule has 0 N–H and O–H groups in total. The quantitative estimate of drug-likeness (QED) is 0.550. The molecule has 1 rings (SSSR count). The van der Waals surface area contributed by atoms with Crippen LogP contribution < -0.4 is 0 Å². The van der Waals surface area contributed by atoms with Crippen molar-refractivity contribution in [2.75, 3.05) is 7.11 Å². The van der Waals surface area contributed by atoms with Crippen LogP contribution in [0.5, 0.6) is 0 Å². The average Bonchev–Trinajstić information content (AvgIpc) is 2.27.